The Kier molecular flexibility index (Phi) is 8.83. The Morgan fingerprint density at radius 2 is 1.77 bits per heavy atom. The molecule has 0 radical (unpaired) electrons. The molecule has 0 heterocycles. The Morgan fingerprint density at radius 1 is 1.13 bits per heavy atom. The number of benzene rings is 2. The smallest absolute Gasteiger partial charge is 0.259 e. The molecule has 160 valence electrons. The van der Waals surface area contributed by atoms with Crippen molar-refractivity contribution in [2.45, 2.75) is 18.2 Å². The van der Waals surface area contributed by atoms with Gasteiger partial charge in [0.15, 0.2) is 0 Å². The lowest BCUT2D eigenvalue weighted by molar-refractivity contribution is 0.102. The van der Waals surface area contributed by atoms with Crippen molar-refractivity contribution < 1.29 is 17.9 Å². The molecule has 0 fully saturated rings. The minimum absolute atomic E-state index is 0.124. The van der Waals surface area contributed by atoms with Gasteiger partial charge in [-0.15, -0.1) is 13.2 Å². The Morgan fingerprint density at radius 3 is 2.33 bits per heavy atom. The molecule has 0 saturated carbocycles. The van der Waals surface area contributed by atoms with Crippen LogP contribution in [0.2, 0.25) is 0 Å². The normalized spacial score (nSPS) is 11.2. The minimum Gasteiger partial charge on any atom is -0.493 e. The lowest BCUT2D eigenvalue weighted by Gasteiger charge is -2.19. The summed E-state index contributed by atoms with van der Waals surface area (Å²) in [6, 6.07) is 11.2. The van der Waals surface area contributed by atoms with Gasteiger partial charge in [-0.3, -0.25) is 4.79 Å². The Balaban J connectivity index is 2.22. The van der Waals surface area contributed by atoms with Gasteiger partial charge in [-0.1, -0.05) is 35.0 Å². The number of amides is 1. The molecule has 0 aliphatic heterocycles. The summed E-state index contributed by atoms with van der Waals surface area (Å²) in [6.07, 6.45) is 3.86. The van der Waals surface area contributed by atoms with Crippen LogP contribution in [0.5, 0.6) is 5.75 Å². The predicted octanol–water partition coefficient (Wildman–Crippen LogP) is 4.85. The third kappa shape index (κ3) is 6.04. The lowest BCUT2D eigenvalue weighted by Crippen LogP contribution is -2.31. The van der Waals surface area contributed by atoms with Crippen LogP contribution in [0.15, 0.2) is 77.1 Å². The molecular weight excluding hydrogens is 468 g/mol. The van der Waals surface area contributed by atoms with Gasteiger partial charge in [0, 0.05) is 23.2 Å². The number of hydrogen-bond acceptors (Lipinski definition) is 4. The number of halogens is 1. The molecule has 2 rings (SSSR count). The van der Waals surface area contributed by atoms with E-state index < -0.39 is 10.0 Å². The topological polar surface area (TPSA) is 75.7 Å². The van der Waals surface area contributed by atoms with E-state index in [1.54, 1.807) is 30.3 Å². The number of anilines is 1. The van der Waals surface area contributed by atoms with Crippen LogP contribution in [0.1, 0.15) is 23.7 Å². The predicted molar refractivity (Wildman–Crippen MR) is 123 cm³/mol. The van der Waals surface area contributed by atoms with E-state index in [2.05, 4.69) is 34.4 Å². The summed E-state index contributed by atoms with van der Waals surface area (Å²) in [5.41, 5.74) is 0.858. The third-order valence-corrected chi connectivity index (χ3v) is 6.40. The maximum absolute atomic E-state index is 12.8. The van der Waals surface area contributed by atoms with Crippen molar-refractivity contribution in [2.24, 2.45) is 0 Å². The highest BCUT2D eigenvalue weighted by atomic mass is 79.9. The van der Waals surface area contributed by atoms with Crippen LogP contribution >= 0.6 is 15.9 Å². The molecule has 1 amide bonds. The molecule has 1 N–H and O–H groups in total. The van der Waals surface area contributed by atoms with Gasteiger partial charge < -0.3 is 10.1 Å². The fourth-order valence-electron chi connectivity index (χ4n) is 2.63. The number of carbonyl (C=O) groups is 1. The van der Waals surface area contributed by atoms with Crippen LogP contribution in [-0.2, 0) is 10.0 Å². The number of hydrogen-bond donors (Lipinski definition) is 1. The average molecular weight is 493 g/mol. The third-order valence-electron chi connectivity index (χ3n) is 4.06. The minimum atomic E-state index is -3.69. The molecule has 0 unspecified atom stereocenters. The van der Waals surface area contributed by atoms with Gasteiger partial charge in [0.05, 0.1) is 17.1 Å². The van der Waals surface area contributed by atoms with E-state index in [-0.39, 0.29) is 23.9 Å². The molecule has 2 aromatic carbocycles. The number of carbonyl (C=O) groups excluding carboxylic acids is 1. The van der Waals surface area contributed by atoms with E-state index in [4.69, 9.17) is 4.74 Å². The van der Waals surface area contributed by atoms with Crippen LogP contribution in [0.4, 0.5) is 5.69 Å². The van der Waals surface area contributed by atoms with E-state index in [9.17, 15) is 13.2 Å². The Labute approximate surface area is 186 Å². The molecule has 6 nitrogen and oxygen atoms in total. The lowest BCUT2D eigenvalue weighted by atomic mass is 10.2. The Bertz CT molecular complexity index is 994. The zero-order valence-corrected chi connectivity index (χ0v) is 19.2. The maximum atomic E-state index is 12.8. The molecule has 0 aliphatic rings. The summed E-state index contributed by atoms with van der Waals surface area (Å²) in [4.78, 5) is 12.9. The number of nitrogens with zero attached hydrogens (tertiary/aromatic N) is 1. The summed E-state index contributed by atoms with van der Waals surface area (Å²) in [5, 5.41) is 2.78. The summed E-state index contributed by atoms with van der Waals surface area (Å²) < 4.78 is 33.2. The van der Waals surface area contributed by atoms with E-state index in [1.807, 2.05) is 6.92 Å². The van der Waals surface area contributed by atoms with Crippen molar-refractivity contribution in [3.05, 3.63) is 77.8 Å². The zero-order chi connectivity index (χ0) is 22.1. The van der Waals surface area contributed by atoms with E-state index in [0.717, 1.165) is 10.9 Å². The molecule has 2 aromatic rings. The highest BCUT2D eigenvalue weighted by Gasteiger charge is 2.22. The maximum Gasteiger partial charge on any atom is 0.259 e. The average Bonchev–Trinajstić information content (AvgIpc) is 2.73. The molecule has 0 spiro atoms. The van der Waals surface area contributed by atoms with Crippen LogP contribution in [0.25, 0.3) is 0 Å². The summed E-state index contributed by atoms with van der Waals surface area (Å²) in [6.45, 7) is 10.0. The van der Waals surface area contributed by atoms with Crippen molar-refractivity contribution >= 4 is 37.5 Å². The first-order chi connectivity index (χ1) is 14.3. The number of ether oxygens (including phenoxy) is 1. The summed E-state index contributed by atoms with van der Waals surface area (Å²) in [7, 11) is -3.69. The van der Waals surface area contributed by atoms with Gasteiger partial charge in [0.1, 0.15) is 5.75 Å². The largest absolute Gasteiger partial charge is 0.493 e. The Hall–Kier alpha value is -2.42. The molecule has 8 heteroatoms. The monoisotopic (exact) mass is 492 g/mol. The molecule has 0 aromatic heterocycles. The molecule has 30 heavy (non-hydrogen) atoms. The van der Waals surface area contributed by atoms with Crippen molar-refractivity contribution in [2.75, 3.05) is 25.0 Å². The molecular formula is C22H25BrN2O4S. The van der Waals surface area contributed by atoms with Crippen molar-refractivity contribution in [3.8, 4) is 5.75 Å². The van der Waals surface area contributed by atoms with E-state index in [1.165, 1.54) is 28.6 Å². The van der Waals surface area contributed by atoms with Gasteiger partial charge in [-0.2, -0.15) is 4.31 Å². The summed E-state index contributed by atoms with van der Waals surface area (Å²) >= 11 is 3.37. The van der Waals surface area contributed by atoms with E-state index in [0.29, 0.717) is 23.6 Å². The SMILES string of the molecule is C=CCN(CC=C)S(=O)(=O)c1ccc(NC(=O)c2cc(Br)ccc2OCCC)cc1. The van der Waals surface area contributed by atoms with Crippen LogP contribution < -0.4 is 10.1 Å². The number of sulfonamides is 1. The van der Waals surface area contributed by atoms with Gasteiger partial charge in [-0.25, -0.2) is 8.42 Å². The second-order valence-electron chi connectivity index (χ2n) is 6.37. The fraction of sp³-hybridized carbons (Fsp3) is 0.227. The first-order valence-corrected chi connectivity index (χ1v) is 11.6. The molecule has 0 bridgehead atoms. The molecule has 0 saturated heterocycles. The zero-order valence-electron chi connectivity index (χ0n) is 16.8. The van der Waals surface area contributed by atoms with Crippen molar-refractivity contribution in [1.29, 1.82) is 0 Å². The van der Waals surface area contributed by atoms with E-state index >= 15 is 0 Å². The summed E-state index contributed by atoms with van der Waals surface area (Å²) in [5.74, 6) is 0.138. The van der Waals surface area contributed by atoms with Crippen LogP contribution in [0.3, 0.4) is 0 Å². The fourth-order valence-corrected chi connectivity index (χ4v) is 4.38. The van der Waals surface area contributed by atoms with Gasteiger partial charge in [0.2, 0.25) is 10.0 Å². The number of rotatable bonds is 11. The standard InChI is InChI=1S/C22H25BrN2O4S/c1-4-13-25(14-5-2)30(27,28)19-10-8-18(9-11-19)24-22(26)20-16-17(23)7-12-21(20)29-15-6-3/h4-5,7-12,16H,1-2,6,13-15H2,3H3,(H,24,26). The second-order valence-corrected chi connectivity index (χ2v) is 9.22. The van der Waals surface area contributed by atoms with Gasteiger partial charge in [-0.05, 0) is 48.9 Å². The van der Waals surface area contributed by atoms with Crippen LogP contribution in [0, 0.1) is 0 Å². The van der Waals surface area contributed by atoms with Gasteiger partial charge >= 0.3 is 0 Å². The van der Waals surface area contributed by atoms with Crippen LogP contribution in [-0.4, -0.2) is 38.3 Å². The molecule has 0 atom stereocenters. The number of nitrogens with one attached hydrogen (secondary N) is 1. The van der Waals surface area contributed by atoms with Crippen molar-refractivity contribution in [3.63, 3.8) is 0 Å². The first kappa shape index (κ1) is 23.9. The quantitative estimate of drug-likeness (QED) is 0.454. The highest BCUT2D eigenvalue weighted by molar-refractivity contribution is 9.10. The molecule has 0 aliphatic carbocycles. The first-order valence-electron chi connectivity index (χ1n) is 9.39. The van der Waals surface area contributed by atoms with Gasteiger partial charge in [0.25, 0.3) is 5.91 Å². The van der Waals surface area contributed by atoms with Crippen molar-refractivity contribution in [1.82, 2.24) is 4.31 Å². The second kappa shape index (κ2) is 11.1. The highest BCUT2D eigenvalue weighted by Crippen LogP contribution is 2.25.